The Morgan fingerprint density at radius 1 is 1.35 bits per heavy atom. The van der Waals surface area contributed by atoms with Crippen LogP contribution in [0.2, 0.25) is 0 Å². The van der Waals surface area contributed by atoms with Crippen molar-refractivity contribution in [3.63, 3.8) is 0 Å². The standard InChI is InChI=1S/C18H32N2O3/c1-14(2)11-15-12-16(21)20(13-15)18(7-5-4-6-8-18)17(22)19-9-10-23-3/h14-15H,4-13H2,1-3H3,(H,19,22)/t15-/m1/s1. The first-order chi connectivity index (χ1) is 11.0. The number of carbonyl (C=O) groups excluding carboxylic acids is 2. The van der Waals surface area contributed by atoms with E-state index in [1.54, 1.807) is 7.11 Å². The summed E-state index contributed by atoms with van der Waals surface area (Å²) in [5, 5.41) is 2.99. The van der Waals surface area contributed by atoms with Crippen molar-refractivity contribution in [1.29, 1.82) is 0 Å². The second kappa shape index (κ2) is 8.13. The molecule has 2 aliphatic rings. The van der Waals surface area contributed by atoms with Gasteiger partial charge < -0.3 is 15.0 Å². The van der Waals surface area contributed by atoms with Crippen LogP contribution in [0, 0.1) is 11.8 Å². The summed E-state index contributed by atoms with van der Waals surface area (Å²) in [4.78, 5) is 27.4. The summed E-state index contributed by atoms with van der Waals surface area (Å²) in [6, 6.07) is 0. The molecule has 2 fully saturated rings. The van der Waals surface area contributed by atoms with Crippen LogP contribution >= 0.6 is 0 Å². The minimum Gasteiger partial charge on any atom is -0.383 e. The van der Waals surface area contributed by atoms with Crippen LogP contribution in [0.5, 0.6) is 0 Å². The Hall–Kier alpha value is -1.10. The molecule has 0 unspecified atom stereocenters. The van der Waals surface area contributed by atoms with E-state index in [9.17, 15) is 9.59 Å². The van der Waals surface area contributed by atoms with E-state index in [1.807, 2.05) is 4.90 Å². The molecular formula is C18H32N2O3. The Balaban J connectivity index is 2.11. The van der Waals surface area contributed by atoms with E-state index in [0.29, 0.717) is 31.4 Å². The zero-order valence-corrected chi connectivity index (χ0v) is 14.9. The number of rotatable bonds is 7. The van der Waals surface area contributed by atoms with Crippen molar-refractivity contribution < 1.29 is 14.3 Å². The van der Waals surface area contributed by atoms with Crippen molar-refractivity contribution in [3.05, 3.63) is 0 Å². The molecule has 2 rings (SSSR count). The fraction of sp³-hybridized carbons (Fsp3) is 0.889. The molecule has 1 saturated carbocycles. The fourth-order valence-corrected chi connectivity index (χ4v) is 4.21. The second-order valence-corrected chi connectivity index (χ2v) is 7.54. The Kier molecular flexibility index (Phi) is 6.45. The summed E-state index contributed by atoms with van der Waals surface area (Å²) in [5.41, 5.74) is -0.616. The lowest BCUT2D eigenvalue weighted by molar-refractivity contribution is -0.147. The van der Waals surface area contributed by atoms with E-state index in [4.69, 9.17) is 4.74 Å². The highest BCUT2D eigenvalue weighted by atomic mass is 16.5. The van der Waals surface area contributed by atoms with Crippen LogP contribution in [0.15, 0.2) is 0 Å². The molecule has 1 aliphatic heterocycles. The lowest BCUT2D eigenvalue weighted by Crippen LogP contribution is -2.60. The number of carbonyl (C=O) groups is 2. The van der Waals surface area contributed by atoms with Crippen LogP contribution in [0.4, 0.5) is 0 Å². The number of nitrogens with zero attached hydrogens (tertiary/aromatic N) is 1. The van der Waals surface area contributed by atoms with Crippen LogP contribution in [0.25, 0.3) is 0 Å². The van der Waals surface area contributed by atoms with Crippen LogP contribution in [-0.2, 0) is 14.3 Å². The molecular weight excluding hydrogens is 292 g/mol. The third kappa shape index (κ3) is 4.25. The maximum atomic E-state index is 12.9. The Morgan fingerprint density at radius 2 is 2.04 bits per heavy atom. The number of amides is 2. The third-order valence-corrected chi connectivity index (χ3v) is 5.22. The van der Waals surface area contributed by atoms with Crippen LogP contribution in [-0.4, -0.2) is 49.1 Å². The fourth-order valence-electron chi connectivity index (χ4n) is 4.21. The Morgan fingerprint density at radius 3 is 2.65 bits per heavy atom. The van der Waals surface area contributed by atoms with E-state index < -0.39 is 5.54 Å². The van der Waals surface area contributed by atoms with Gasteiger partial charge in [-0.15, -0.1) is 0 Å². The van der Waals surface area contributed by atoms with E-state index in [0.717, 1.165) is 45.1 Å². The number of hydrogen-bond donors (Lipinski definition) is 1. The van der Waals surface area contributed by atoms with E-state index >= 15 is 0 Å². The van der Waals surface area contributed by atoms with Crippen LogP contribution in [0.1, 0.15) is 58.8 Å². The summed E-state index contributed by atoms with van der Waals surface area (Å²) in [5.74, 6) is 1.17. The van der Waals surface area contributed by atoms with Gasteiger partial charge >= 0.3 is 0 Å². The Bertz CT molecular complexity index is 416. The van der Waals surface area contributed by atoms with Gasteiger partial charge in [-0.25, -0.2) is 0 Å². The quantitative estimate of drug-likeness (QED) is 0.731. The summed E-state index contributed by atoms with van der Waals surface area (Å²) in [6.07, 6.45) is 6.46. The van der Waals surface area contributed by atoms with Crippen molar-refractivity contribution in [2.75, 3.05) is 26.8 Å². The van der Waals surface area contributed by atoms with Crippen molar-refractivity contribution in [2.24, 2.45) is 11.8 Å². The topological polar surface area (TPSA) is 58.6 Å². The van der Waals surface area contributed by atoms with Gasteiger partial charge in [-0.05, 0) is 31.1 Å². The molecule has 1 N–H and O–H groups in total. The van der Waals surface area contributed by atoms with Crippen molar-refractivity contribution in [3.8, 4) is 0 Å². The predicted molar refractivity (Wildman–Crippen MR) is 90.0 cm³/mol. The minimum absolute atomic E-state index is 0.0211. The van der Waals surface area contributed by atoms with Gasteiger partial charge in [0.25, 0.3) is 0 Å². The zero-order valence-electron chi connectivity index (χ0n) is 14.9. The average Bonchev–Trinajstić information content (AvgIpc) is 2.88. The molecule has 5 nitrogen and oxygen atoms in total. The molecule has 132 valence electrons. The Labute approximate surface area is 140 Å². The molecule has 1 atom stereocenters. The van der Waals surface area contributed by atoms with Gasteiger partial charge in [0.05, 0.1) is 6.61 Å². The van der Waals surface area contributed by atoms with Gasteiger partial charge in [0.1, 0.15) is 5.54 Å². The second-order valence-electron chi connectivity index (χ2n) is 7.54. The molecule has 1 saturated heterocycles. The SMILES string of the molecule is COCCNC(=O)C1(N2C[C@H](CC(C)C)CC2=O)CCCCC1. The van der Waals surface area contributed by atoms with Gasteiger partial charge in [0.15, 0.2) is 0 Å². The summed E-state index contributed by atoms with van der Waals surface area (Å²) < 4.78 is 5.02. The number of hydrogen-bond acceptors (Lipinski definition) is 3. The molecule has 1 heterocycles. The molecule has 1 aliphatic carbocycles. The molecule has 0 bridgehead atoms. The van der Waals surface area contributed by atoms with E-state index in [2.05, 4.69) is 19.2 Å². The maximum absolute atomic E-state index is 12.9. The first-order valence-corrected chi connectivity index (χ1v) is 9.07. The maximum Gasteiger partial charge on any atom is 0.246 e. The molecule has 0 aromatic carbocycles. The van der Waals surface area contributed by atoms with Gasteiger partial charge in [-0.3, -0.25) is 9.59 Å². The normalized spacial score (nSPS) is 24.3. The molecule has 0 spiro atoms. The van der Waals surface area contributed by atoms with Crippen molar-refractivity contribution in [1.82, 2.24) is 10.2 Å². The van der Waals surface area contributed by atoms with E-state index in [1.165, 1.54) is 0 Å². The molecule has 0 aromatic rings. The highest BCUT2D eigenvalue weighted by Gasteiger charge is 2.49. The monoisotopic (exact) mass is 324 g/mol. The first kappa shape index (κ1) is 18.2. The van der Waals surface area contributed by atoms with Gasteiger partial charge in [0, 0.05) is 26.6 Å². The summed E-state index contributed by atoms with van der Waals surface area (Å²) in [6.45, 7) is 6.15. The summed E-state index contributed by atoms with van der Waals surface area (Å²) >= 11 is 0. The van der Waals surface area contributed by atoms with Gasteiger partial charge in [-0.2, -0.15) is 0 Å². The lowest BCUT2D eigenvalue weighted by atomic mass is 9.79. The largest absolute Gasteiger partial charge is 0.383 e. The average molecular weight is 324 g/mol. The van der Waals surface area contributed by atoms with E-state index in [-0.39, 0.29) is 11.8 Å². The molecule has 0 aromatic heterocycles. The van der Waals surface area contributed by atoms with Crippen molar-refractivity contribution in [2.45, 2.75) is 64.3 Å². The minimum atomic E-state index is -0.616. The lowest BCUT2D eigenvalue weighted by Gasteiger charge is -2.43. The summed E-state index contributed by atoms with van der Waals surface area (Å²) in [7, 11) is 1.63. The number of likely N-dealkylation sites (tertiary alicyclic amines) is 1. The number of nitrogens with one attached hydrogen (secondary N) is 1. The predicted octanol–water partition coefficient (Wildman–Crippen LogP) is 2.35. The van der Waals surface area contributed by atoms with Crippen molar-refractivity contribution >= 4 is 11.8 Å². The number of ether oxygens (including phenoxy) is 1. The first-order valence-electron chi connectivity index (χ1n) is 9.07. The highest BCUT2D eigenvalue weighted by Crippen LogP contribution is 2.39. The number of methoxy groups -OCH3 is 1. The van der Waals surface area contributed by atoms with Gasteiger partial charge in [0.2, 0.25) is 11.8 Å². The van der Waals surface area contributed by atoms with Crippen LogP contribution in [0.3, 0.4) is 0 Å². The third-order valence-electron chi connectivity index (χ3n) is 5.22. The van der Waals surface area contributed by atoms with Crippen LogP contribution < -0.4 is 5.32 Å². The molecule has 23 heavy (non-hydrogen) atoms. The molecule has 5 heteroatoms. The highest BCUT2D eigenvalue weighted by molar-refractivity contribution is 5.92. The molecule has 2 amide bonds. The molecule has 0 radical (unpaired) electrons. The zero-order chi connectivity index (χ0) is 16.9. The van der Waals surface area contributed by atoms with Gasteiger partial charge in [-0.1, -0.05) is 33.1 Å². The smallest absolute Gasteiger partial charge is 0.246 e.